The van der Waals surface area contributed by atoms with Gasteiger partial charge in [0.2, 0.25) is 0 Å². The van der Waals surface area contributed by atoms with Crippen molar-refractivity contribution in [1.82, 2.24) is 9.55 Å². The third-order valence-electron chi connectivity index (χ3n) is 4.96. The fourth-order valence-electron chi connectivity index (χ4n) is 3.29. The van der Waals surface area contributed by atoms with E-state index < -0.39 is 5.79 Å². The molecule has 6 heteroatoms. The van der Waals surface area contributed by atoms with Crippen LogP contribution in [0.2, 0.25) is 0 Å². The number of benzene rings is 1. The van der Waals surface area contributed by atoms with Crippen molar-refractivity contribution in [3.63, 3.8) is 0 Å². The molecule has 4 rings (SSSR count). The lowest BCUT2D eigenvalue weighted by molar-refractivity contribution is -0.169. The van der Waals surface area contributed by atoms with Gasteiger partial charge in [0.1, 0.15) is 5.82 Å². The summed E-state index contributed by atoms with van der Waals surface area (Å²) < 4.78 is 1.56. The molecule has 2 aliphatic heterocycles. The highest BCUT2D eigenvalue weighted by atomic mass is 32.2. The number of allylic oxidation sites excluding steroid dienone is 1. The fourth-order valence-corrected chi connectivity index (χ4v) is 4.27. The van der Waals surface area contributed by atoms with Crippen LogP contribution in [0.5, 0.6) is 0 Å². The summed E-state index contributed by atoms with van der Waals surface area (Å²) in [5, 5.41) is 22.6. The first-order valence-corrected chi connectivity index (χ1v) is 9.69. The van der Waals surface area contributed by atoms with Gasteiger partial charge in [-0.3, -0.25) is 9.36 Å². The van der Waals surface area contributed by atoms with Gasteiger partial charge in [-0.05, 0) is 29.5 Å². The Bertz CT molecular complexity index is 1010. The molecule has 0 amide bonds. The van der Waals surface area contributed by atoms with E-state index in [1.165, 1.54) is 0 Å². The number of aromatic nitrogens is 2. The van der Waals surface area contributed by atoms with Crippen molar-refractivity contribution in [2.24, 2.45) is 5.92 Å². The molecule has 0 aliphatic carbocycles. The van der Waals surface area contributed by atoms with E-state index in [0.29, 0.717) is 29.1 Å². The van der Waals surface area contributed by atoms with E-state index in [2.05, 4.69) is 35.2 Å². The lowest BCUT2D eigenvalue weighted by Gasteiger charge is -2.17. The topological polar surface area (TPSA) is 75.4 Å². The quantitative estimate of drug-likeness (QED) is 0.550. The van der Waals surface area contributed by atoms with Gasteiger partial charge in [0.15, 0.2) is 5.79 Å². The molecule has 0 fully saturated rings. The monoisotopic (exact) mass is 368 g/mol. The van der Waals surface area contributed by atoms with Crippen LogP contribution in [0, 0.1) is 17.8 Å². The number of thioether (sulfide) groups is 1. The Morgan fingerprint density at radius 2 is 2.19 bits per heavy atom. The summed E-state index contributed by atoms with van der Waals surface area (Å²) in [4.78, 5) is 17.4. The Hall–Kier alpha value is -2.07. The van der Waals surface area contributed by atoms with Crippen molar-refractivity contribution >= 4 is 22.7 Å². The molecule has 2 unspecified atom stereocenters. The number of fused-ring (bicyclic) bond motifs is 2. The van der Waals surface area contributed by atoms with Crippen molar-refractivity contribution in [3.05, 3.63) is 51.4 Å². The third kappa shape index (κ3) is 3.30. The van der Waals surface area contributed by atoms with Gasteiger partial charge in [0.05, 0.1) is 16.2 Å². The molecule has 2 aromatic rings. The molecule has 0 saturated heterocycles. The Morgan fingerprint density at radius 3 is 2.96 bits per heavy atom. The van der Waals surface area contributed by atoms with Crippen LogP contribution in [-0.4, -0.2) is 30.8 Å². The predicted molar refractivity (Wildman–Crippen MR) is 103 cm³/mol. The summed E-state index contributed by atoms with van der Waals surface area (Å²) in [6, 6.07) is 5.46. The molecule has 0 bridgehead atoms. The average molecular weight is 368 g/mol. The van der Waals surface area contributed by atoms with Gasteiger partial charge < -0.3 is 10.2 Å². The van der Waals surface area contributed by atoms with Gasteiger partial charge in [-0.1, -0.05) is 24.8 Å². The largest absolute Gasteiger partial charge is 0.366 e. The molecule has 3 heterocycles. The second-order valence-corrected chi connectivity index (χ2v) is 8.02. The molecule has 0 spiro atoms. The Balaban J connectivity index is 1.71. The molecule has 2 N–H and O–H groups in total. The number of hydrogen-bond donors (Lipinski definition) is 2. The summed E-state index contributed by atoms with van der Waals surface area (Å²) in [6.45, 7) is 2.41. The first-order valence-electron chi connectivity index (χ1n) is 8.75. The normalized spacial score (nSPS) is 24.0. The summed E-state index contributed by atoms with van der Waals surface area (Å²) in [6.07, 6.45) is 2.82. The Kier molecular flexibility index (Phi) is 4.39. The van der Waals surface area contributed by atoms with Crippen molar-refractivity contribution in [1.29, 1.82) is 0 Å². The zero-order valence-electron chi connectivity index (χ0n) is 14.5. The number of aryl methyl sites for hydroxylation is 1. The molecule has 0 saturated carbocycles. The zero-order valence-corrected chi connectivity index (χ0v) is 15.3. The molecule has 2 aliphatic rings. The van der Waals surface area contributed by atoms with E-state index in [4.69, 9.17) is 0 Å². The van der Waals surface area contributed by atoms with Gasteiger partial charge in [-0.25, -0.2) is 4.98 Å². The van der Waals surface area contributed by atoms with Crippen LogP contribution in [0.4, 0.5) is 0 Å². The van der Waals surface area contributed by atoms with E-state index in [1.807, 2.05) is 12.1 Å². The van der Waals surface area contributed by atoms with Crippen molar-refractivity contribution in [2.75, 3.05) is 0 Å². The van der Waals surface area contributed by atoms with Crippen molar-refractivity contribution in [3.8, 4) is 11.8 Å². The highest BCUT2D eigenvalue weighted by Crippen LogP contribution is 2.28. The van der Waals surface area contributed by atoms with Crippen LogP contribution in [0.3, 0.4) is 0 Å². The number of hydrogen-bond acceptors (Lipinski definition) is 5. The highest BCUT2D eigenvalue weighted by molar-refractivity contribution is 8.03. The average Bonchev–Trinajstić information content (AvgIpc) is 2.95. The molecule has 1 aromatic heterocycles. The minimum atomic E-state index is -1.74. The lowest BCUT2D eigenvalue weighted by atomic mass is 10.1. The summed E-state index contributed by atoms with van der Waals surface area (Å²) >= 11 is 1.73. The molecule has 5 nitrogen and oxygen atoms in total. The smallest absolute Gasteiger partial charge is 0.261 e. The van der Waals surface area contributed by atoms with Gasteiger partial charge >= 0.3 is 0 Å². The first kappa shape index (κ1) is 17.3. The number of nitrogens with zero attached hydrogens (tertiary/aromatic N) is 2. The minimum absolute atomic E-state index is 0.127. The second kappa shape index (κ2) is 6.58. The zero-order chi connectivity index (χ0) is 18.3. The predicted octanol–water partition coefficient (Wildman–Crippen LogP) is 2.03. The van der Waals surface area contributed by atoms with Crippen molar-refractivity contribution in [2.45, 2.75) is 43.8 Å². The maximum atomic E-state index is 12.8. The molecule has 2 atom stereocenters. The fraction of sp³-hybridized carbons (Fsp3) is 0.400. The van der Waals surface area contributed by atoms with Crippen LogP contribution < -0.4 is 5.56 Å². The van der Waals surface area contributed by atoms with Crippen LogP contribution >= 0.6 is 11.8 Å². The van der Waals surface area contributed by atoms with Gasteiger partial charge in [-0.2, -0.15) is 0 Å². The van der Waals surface area contributed by atoms with Gasteiger partial charge in [-0.15, -0.1) is 11.8 Å². The third-order valence-corrected chi connectivity index (χ3v) is 6.12. The summed E-state index contributed by atoms with van der Waals surface area (Å²) in [5.74, 6) is 5.77. The van der Waals surface area contributed by atoms with Crippen LogP contribution in [0.25, 0.3) is 10.9 Å². The standard InChI is InChI=1S/C20H20N2O3S/c1-13-7-11-26-17(13)5-3-14-2-4-15-16(12-14)21-18-6-8-20(24,25)9-10-22(18)19(15)23/h2,4,7,11-13,17,24-25H,6,8-10H2,1H3. The molecule has 26 heavy (non-hydrogen) atoms. The minimum Gasteiger partial charge on any atom is -0.366 e. The van der Waals surface area contributed by atoms with Gasteiger partial charge in [0, 0.05) is 31.4 Å². The first-order chi connectivity index (χ1) is 12.4. The summed E-state index contributed by atoms with van der Waals surface area (Å²) in [5.41, 5.74) is 1.31. The van der Waals surface area contributed by atoms with E-state index in [-0.39, 0.29) is 30.2 Å². The van der Waals surface area contributed by atoms with E-state index in [1.54, 1.807) is 22.4 Å². The molecule has 1 aromatic carbocycles. The van der Waals surface area contributed by atoms with Crippen LogP contribution in [0.1, 0.15) is 31.2 Å². The number of rotatable bonds is 0. The maximum absolute atomic E-state index is 12.8. The molecular formula is C20H20N2O3S. The van der Waals surface area contributed by atoms with E-state index >= 15 is 0 Å². The Labute approximate surface area is 155 Å². The Morgan fingerprint density at radius 1 is 1.35 bits per heavy atom. The maximum Gasteiger partial charge on any atom is 0.261 e. The number of aliphatic hydroxyl groups is 2. The van der Waals surface area contributed by atoms with E-state index in [0.717, 1.165) is 5.56 Å². The van der Waals surface area contributed by atoms with Crippen LogP contribution in [0.15, 0.2) is 34.5 Å². The van der Waals surface area contributed by atoms with E-state index in [9.17, 15) is 15.0 Å². The van der Waals surface area contributed by atoms with Crippen LogP contribution in [-0.2, 0) is 13.0 Å². The van der Waals surface area contributed by atoms with Crippen molar-refractivity contribution < 1.29 is 10.2 Å². The molecular weight excluding hydrogens is 348 g/mol. The second-order valence-electron chi connectivity index (χ2n) is 6.96. The van der Waals surface area contributed by atoms with Gasteiger partial charge in [0.25, 0.3) is 5.56 Å². The SMILES string of the molecule is CC1C=CSC1C#Cc1ccc2c(=O)n3c(nc2c1)CCC(O)(O)CC3. The molecule has 0 radical (unpaired) electrons. The molecule has 134 valence electrons. The summed E-state index contributed by atoms with van der Waals surface area (Å²) in [7, 11) is 0. The lowest BCUT2D eigenvalue weighted by Crippen LogP contribution is -2.29. The highest BCUT2D eigenvalue weighted by Gasteiger charge is 2.28.